The largest absolute Gasteiger partial charge is 0.375 e. The highest BCUT2D eigenvalue weighted by Gasteiger charge is 2.38. The number of hydrogen-bond donors (Lipinski definition) is 0. The van der Waals surface area contributed by atoms with E-state index in [2.05, 4.69) is 99.8 Å². The number of rotatable bonds is 10. The maximum Gasteiger partial charge on any atom is 0.0666 e. The van der Waals surface area contributed by atoms with Gasteiger partial charge in [0.15, 0.2) is 0 Å². The molecule has 0 atom stereocenters. The zero-order valence-corrected chi connectivity index (χ0v) is 21.0. The molecule has 1 rings (SSSR count). The summed E-state index contributed by atoms with van der Waals surface area (Å²) in [6, 6.07) is 8.61. The SMILES string of the molecule is C=Cc1ccc(CC(C)(C)OCCC(C)(C)N(S(C)(C)C)S(C)(C)C)cc1. The summed E-state index contributed by atoms with van der Waals surface area (Å²) < 4.78 is 9.16. The van der Waals surface area contributed by atoms with Crippen molar-refractivity contribution >= 4 is 26.5 Å². The van der Waals surface area contributed by atoms with Gasteiger partial charge in [0.2, 0.25) is 0 Å². The Morgan fingerprint density at radius 2 is 1.41 bits per heavy atom. The molecule has 27 heavy (non-hydrogen) atoms. The smallest absolute Gasteiger partial charge is 0.0666 e. The molecule has 1 aromatic rings. The molecule has 0 bridgehead atoms. The lowest BCUT2D eigenvalue weighted by molar-refractivity contribution is -0.0259. The summed E-state index contributed by atoms with van der Waals surface area (Å²) in [5.41, 5.74) is 2.43. The number of nitrogens with zero attached hydrogens (tertiary/aromatic N) is 1. The molecule has 0 unspecified atom stereocenters. The predicted octanol–water partition coefficient (Wildman–Crippen LogP) is 6.36. The molecule has 0 saturated heterocycles. The summed E-state index contributed by atoms with van der Waals surface area (Å²) in [5, 5.41) is 0. The molecule has 0 N–H and O–H groups in total. The van der Waals surface area contributed by atoms with Gasteiger partial charge >= 0.3 is 0 Å². The van der Waals surface area contributed by atoms with Gasteiger partial charge in [-0.05, 0) is 82.8 Å². The Morgan fingerprint density at radius 3 is 1.81 bits per heavy atom. The standard InChI is InChI=1S/C23H43NOS2/c1-12-20-13-15-21(16-14-20)19-23(4,5)25-18-17-22(2,3)24(26(6,7)8)27(9,10)11/h12-16H,1,17-19H2,2-11H3. The summed E-state index contributed by atoms with van der Waals surface area (Å²) in [4.78, 5) is 0. The van der Waals surface area contributed by atoms with Crippen molar-refractivity contribution in [3.8, 4) is 0 Å². The van der Waals surface area contributed by atoms with E-state index in [1.54, 1.807) is 0 Å². The molecule has 0 aliphatic rings. The molecule has 0 aliphatic heterocycles. The first-order valence-electron chi connectivity index (χ1n) is 9.61. The highest BCUT2D eigenvalue weighted by molar-refractivity contribution is 8.43. The maximum atomic E-state index is 6.37. The van der Waals surface area contributed by atoms with E-state index in [1.807, 2.05) is 6.08 Å². The quantitative estimate of drug-likeness (QED) is 0.443. The topological polar surface area (TPSA) is 12.5 Å². The lowest BCUT2D eigenvalue weighted by Gasteiger charge is -2.59. The minimum Gasteiger partial charge on any atom is -0.375 e. The van der Waals surface area contributed by atoms with Crippen LogP contribution >= 0.6 is 20.4 Å². The molecule has 0 saturated carbocycles. The molecule has 0 aliphatic carbocycles. The van der Waals surface area contributed by atoms with Gasteiger partial charge < -0.3 is 4.74 Å². The van der Waals surface area contributed by atoms with Crippen LogP contribution in [0, 0.1) is 0 Å². The summed E-state index contributed by atoms with van der Waals surface area (Å²) in [7, 11) is -1.59. The summed E-state index contributed by atoms with van der Waals surface area (Å²) in [6.45, 7) is 13.8. The van der Waals surface area contributed by atoms with Crippen molar-refractivity contribution in [3.63, 3.8) is 0 Å². The minimum atomic E-state index is -0.795. The molecular formula is C23H43NOS2. The van der Waals surface area contributed by atoms with E-state index >= 15 is 0 Å². The first-order valence-corrected chi connectivity index (χ1v) is 15.2. The zero-order chi connectivity index (χ0) is 21.1. The van der Waals surface area contributed by atoms with E-state index in [0.717, 1.165) is 25.0 Å². The normalized spacial score (nSPS) is 15.1. The number of benzene rings is 1. The second-order valence-electron chi connectivity index (χ2n) is 10.1. The first-order chi connectivity index (χ1) is 12.1. The second kappa shape index (κ2) is 8.94. The zero-order valence-electron chi connectivity index (χ0n) is 19.4. The van der Waals surface area contributed by atoms with Gasteiger partial charge in [-0.2, -0.15) is 20.4 Å². The average molecular weight is 414 g/mol. The van der Waals surface area contributed by atoms with Crippen molar-refractivity contribution in [2.75, 3.05) is 44.1 Å². The van der Waals surface area contributed by atoms with Crippen LogP contribution in [-0.2, 0) is 11.2 Å². The Morgan fingerprint density at radius 1 is 0.926 bits per heavy atom. The number of hydrogen-bond acceptors (Lipinski definition) is 2. The summed E-state index contributed by atoms with van der Waals surface area (Å²) in [5.74, 6) is 0. The molecule has 4 heteroatoms. The first kappa shape index (κ1) is 24.6. The second-order valence-corrected chi connectivity index (χ2v) is 18.1. The minimum absolute atomic E-state index is 0.128. The lowest BCUT2D eigenvalue weighted by Crippen LogP contribution is -2.46. The summed E-state index contributed by atoms with van der Waals surface area (Å²) in [6.07, 6.45) is 18.3. The van der Waals surface area contributed by atoms with Gasteiger partial charge in [-0.15, -0.1) is 0 Å². The fourth-order valence-electron chi connectivity index (χ4n) is 4.14. The van der Waals surface area contributed by atoms with Crippen LogP contribution in [0.3, 0.4) is 0 Å². The molecule has 1 aromatic carbocycles. The van der Waals surface area contributed by atoms with Crippen molar-refractivity contribution in [1.29, 1.82) is 0 Å². The third-order valence-corrected chi connectivity index (χ3v) is 10.2. The van der Waals surface area contributed by atoms with Crippen LogP contribution in [0.25, 0.3) is 6.08 Å². The Balaban J connectivity index is 2.73. The molecular weight excluding hydrogens is 370 g/mol. The van der Waals surface area contributed by atoms with E-state index in [-0.39, 0.29) is 11.1 Å². The Kier molecular flexibility index (Phi) is 8.15. The third-order valence-electron chi connectivity index (χ3n) is 4.54. The van der Waals surface area contributed by atoms with Crippen molar-refractivity contribution in [3.05, 3.63) is 42.0 Å². The summed E-state index contributed by atoms with van der Waals surface area (Å²) >= 11 is 0. The van der Waals surface area contributed by atoms with E-state index in [0.29, 0.717) is 0 Å². The van der Waals surface area contributed by atoms with Crippen molar-refractivity contribution in [1.82, 2.24) is 3.71 Å². The van der Waals surface area contributed by atoms with Crippen LogP contribution in [0.5, 0.6) is 0 Å². The van der Waals surface area contributed by atoms with Gasteiger partial charge in [0.25, 0.3) is 0 Å². The molecule has 0 spiro atoms. The predicted molar refractivity (Wildman–Crippen MR) is 132 cm³/mol. The van der Waals surface area contributed by atoms with Gasteiger partial charge in [0.1, 0.15) is 0 Å². The fraction of sp³-hybridized carbons (Fsp3) is 0.652. The van der Waals surface area contributed by atoms with Gasteiger partial charge in [-0.25, -0.2) is 3.71 Å². The molecule has 0 heterocycles. The Labute approximate surface area is 172 Å². The van der Waals surface area contributed by atoms with Crippen LogP contribution in [-0.4, -0.2) is 59.0 Å². The van der Waals surface area contributed by atoms with E-state index in [9.17, 15) is 0 Å². The fourth-order valence-corrected chi connectivity index (χ4v) is 12.7. The monoisotopic (exact) mass is 413 g/mol. The van der Waals surface area contributed by atoms with Crippen LogP contribution in [0.15, 0.2) is 30.8 Å². The van der Waals surface area contributed by atoms with E-state index in [1.165, 1.54) is 5.56 Å². The maximum absolute atomic E-state index is 6.37. The van der Waals surface area contributed by atoms with Crippen LogP contribution in [0.1, 0.15) is 45.2 Å². The van der Waals surface area contributed by atoms with E-state index < -0.39 is 20.4 Å². The van der Waals surface area contributed by atoms with Crippen molar-refractivity contribution in [2.45, 2.75) is 51.7 Å². The molecule has 0 fully saturated rings. The van der Waals surface area contributed by atoms with Crippen LogP contribution in [0.4, 0.5) is 0 Å². The highest BCUT2D eigenvalue weighted by Crippen LogP contribution is 2.61. The Hall–Kier alpha value is -0.420. The van der Waals surface area contributed by atoms with Crippen molar-refractivity contribution in [2.24, 2.45) is 0 Å². The lowest BCUT2D eigenvalue weighted by atomic mass is 9.97. The van der Waals surface area contributed by atoms with Gasteiger partial charge in [-0.3, -0.25) is 0 Å². The Bertz CT molecular complexity index is 593. The van der Waals surface area contributed by atoms with Crippen LogP contribution in [0.2, 0.25) is 0 Å². The van der Waals surface area contributed by atoms with Crippen molar-refractivity contribution < 1.29 is 4.74 Å². The average Bonchev–Trinajstić information content (AvgIpc) is 2.43. The molecule has 0 aromatic heterocycles. The van der Waals surface area contributed by atoms with Crippen LogP contribution < -0.4 is 0 Å². The van der Waals surface area contributed by atoms with E-state index in [4.69, 9.17) is 4.74 Å². The molecule has 0 radical (unpaired) electrons. The highest BCUT2D eigenvalue weighted by atomic mass is 32.3. The molecule has 0 amide bonds. The van der Waals surface area contributed by atoms with Gasteiger partial charge in [-0.1, -0.05) is 36.9 Å². The number of ether oxygens (including phenoxy) is 1. The molecule has 2 nitrogen and oxygen atoms in total. The molecule has 158 valence electrons. The van der Waals surface area contributed by atoms with Gasteiger partial charge in [0, 0.05) is 18.6 Å². The third kappa shape index (κ3) is 7.84. The van der Waals surface area contributed by atoms with Gasteiger partial charge in [0.05, 0.1) is 5.60 Å².